The summed E-state index contributed by atoms with van der Waals surface area (Å²) in [6, 6.07) is 12.2. The Bertz CT molecular complexity index is 1210. The summed E-state index contributed by atoms with van der Waals surface area (Å²) in [7, 11) is 1.61. The van der Waals surface area contributed by atoms with Crippen LogP contribution in [0.1, 0.15) is 37.8 Å². The number of aliphatic imine (C=N–C) groups is 1. The van der Waals surface area contributed by atoms with E-state index in [9.17, 15) is 9.18 Å². The van der Waals surface area contributed by atoms with Gasteiger partial charge in [-0.3, -0.25) is 14.7 Å². The Kier molecular flexibility index (Phi) is 6.78. The van der Waals surface area contributed by atoms with E-state index in [1.54, 1.807) is 43.5 Å². The summed E-state index contributed by atoms with van der Waals surface area (Å²) < 4.78 is 19.2. The second-order valence-electron chi connectivity index (χ2n) is 9.05. The van der Waals surface area contributed by atoms with Gasteiger partial charge in [-0.05, 0) is 61.2 Å². The first kappa shape index (κ1) is 24.3. The van der Waals surface area contributed by atoms with E-state index in [0.717, 1.165) is 29.7 Å². The number of carbonyl (C=O) groups excluding carboxylic acids is 1. The van der Waals surface area contributed by atoms with Crippen molar-refractivity contribution in [3.63, 3.8) is 0 Å². The van der Waals surface area contributed by atoms with Gasteiger partial charge in [-0.2, -0.15) is 0 Å². The molecule has 2 N–H and O–H groups in total. The van der Waals surface area contributed by atoms with Crippen LogP contribution in [0.3, 0.4) is 0 Å². The number of amidine groups is 1. The molecule has 2 atom stereocenters. The number of benzene rings is 2. The number of ether oxygens (including phenoxy) is 1. The van der Waals surface area contributed by atoms with Crippen molar-refractivity contribution in [2.45, 2.75) is 32.2 Å². The van der Waals surface area contributed by atoms with Crippen LogP contribution in [0.5, 0.6) is 5.75 Å². The Morgan fingerprint density at radius 2 is 2.03 bits per heavy atom. The van der Waals surface area contributed by atoms with Gasteiger partial charge in [0.2, 0.25) is 5.91 Å². The van der Waals surface area contributed by atoms with E-state index in [4.69, 9.17) is 15.5 Å². The molecule has 35 heavy (non-hydrogen) atoms. The van der Waals surface area contributed by atoms with Crippen LogP contribution in [-0.4, -0.2) is 30.3 Å². The number of methoxy groups -OCH3 is 1. The van der Waals surface area contributed by atoms with Gasteiger partial charge < -0.3 is 15.4 Å². The van der Waals surface area contributed by atoms with Gasteiger partial charge in [-0.1, -0.05) is 37.8 Å². The van der Waals surface area contributed by atoms with Crippen molar-refractivity contribution in [2.24, 2.45) is 16.6 Å². The van der Waals surface area contributed by atoms with Gasteiger partial charge >= 0.3 is 0 Å². The van der Waals surface area contributed by atoms with Crippen molar-refractivity contribution < 1.29 is 13.9 Å². The molecule has 2 aliphatic rings. The molecule has 1 amide bonds. The van der Waals surface area contributed by atoms with E-state index < -0.39 is 5.54 Å². The van der Waals surface area contributed by atoms with E-state index in [0.29, 0.717) is 23.8 Å². The molecule has 0 radical (unpaired) electrons. The third-order valence-corrected chi connectivity index (χ3v) is 6.62. The van der Waals surface area contributed by atoms with E-state index in [1.165, 1.54) is 12.1 Å². The number of allylic oxidation sites excluding steroid dienone is 1. The second kappa shape index (κ2) is 9.78. The van der Waals surface area contributed by atoms with Crippen molar-refractivity contribution in [3.8, 4) is 5.75 Å². The third kappa shape index (κ3) is 4.58. The van der Waals surface area contributed by atoms with Crippen LogP contribution < -0.4 is 15.4 Å². The first-order valence-electron chi connectivity index (χ1n) is 11.6. The first-order chi connectivity index (χ1) is 16.8. The van der Waals surface area contributed by atoms with E-state index in [1.807, 2.05) is 42.2 Å². The minimum absolute atomic E-state index is 0.0416. The van der Waals surface area contributed by atoms with Crippen molar-refractivity contribution >= 4 is 23.5 Å². The highest BCUT2D eigenvalue weighted by molar-refractivity contribution is 6.09. The van der Waals surface area contributed by atoms with Crippen LogP contribution in [-0.2, 0) is 10.3 Å². The summed E-state index contributed by atoms with van der Waals surface area (Å²) in [5.41, 5.74) is 8.50. The summed E-state index contributed by atoms with van der Waals surface area (Å²) in [6.45, 7) is 8.05. The number of carbonyl (C=O) groups is 1. The minimum Gasteiger partial charge on any atom is -0.495 e. The van der Waals surface area contributed by atoms with Crippen LogP contribution in [0.25, 0.3) is 6.08 Å². The number of anilines is 1. The molecule has 2 heterocycles. The maximum absolute atomic E-state index is 13.6. The van der Waals surface area contributed by atoms with Crippen LogP contribution in [0.15, 0.2) is 78.2 Å². The molecule has 0 saturated carbocycles. The standard InChI is InChI=1S/C28H31FN4O2/c1-5-32(17-20(3)30)24-12-6-21(16-25(24)35-4)7-13-26-31-18-28(22-8-10-23(29)11-9-22)15-14-19(2)27(34)33(26)28/h5-13,16-17,19H,1,14-15,18,30H2,2-4H3/b13-7+,20-17-. The van der Waals surface area contributed by atoms with Gasteiger partial charge in [-0.25, -0.2) is 4.39 Å². The highest BCUT2D eigenvalue weighted by Gasteiger charge is 2.51. The second-order valence-corrected chi connectivity index (χ2v) is 9.05. The van der Waals surface area contributed by atoms with Gasteiger partial charge in [0, 0.05) is 24.0 Å². The number of hydrogen-bond acceptors (Lipinski definition) is 5. The summed E-state index contributed by atoms with van der Waals surface area (Å²) in [4.78, 5) is 21.7. The van der Waals surface area contributed by atoms with E-state index >= 15 is 0 Å². The van der Waals surface area contributed by atoms with E-state index in [-0.39, 0.29) is 17.6 Å². The summed E-state index contributed by atoms with van der Waals surface area (Å²) in [6.07, 6.45) is 8.77. The summed E-state index contributed by atoms with van der Waals surface area (Å²) in [5, 5.41) is 0. The molecule has 6 nitrogen and oxygen atoms in total. The predicted octanol–water partition coefficient (Wildman–Crippen LogP) is 5.18. The molecule has 2 aromatic carbocycles. The zero-order chi connectivity index (χ0) is 25.2. The minimum atomic E-state index is -0.574. The highest BCUT2D eigenvalue weighted by atomic mass is 19.1. The lowest BCUT2D eigenvalue weighted by molar-refractivity contribution is -0.139. The smallest absolute Gasteiger partial charge is 0.231 e. The van der Waals surface area contributed by atoms with Gasteiger partial charge in [0.05, 0.1) is 24.9 Å². The highest BCUT2D eigenvalue weighted by Crippen LogP contribution is 2.44. The Hall–Kier alpha value is -3.87. The fourth-order valence-corrected chi connectivity index (χ4v) is 4.76. The van der Waals surface area contributed by atoms with Gasteiger partial charge in [0.25, 0.3) is 0 Å². The molecule has 0 aromatic heterocycles. The van der Waals surface area contributed by atoms with Crippen molar-refractivity contribution in [1.82, 2.24) is 4.90 Å². The molecule has 1 saturated heterocycles. The average Bonchev–Trinajstić information content (AvgIpc) is 3.24. The third-order valence-electron chi connectivity index (χ3n) is 6.62. The SMILES string of the molecule is C=CN(/C=C(/C)N)c1ccc(/C=C/C2=NCC3(c4ccc(F)cc4)CCC(C)C(=O)N23)cc1OC. The quantitative estimate of drug-likeness (QED) is 0.600. The molecule has 1 fully saturated rings. The number of halogens is 1. The Morgan fingerprint density at radius 3 is 2.69 bits per heavy atom. The average molecular weight is 475 g/mol. The number of nitrogens with two attached hydrogens (primary N) is 1. The number of piperidine rings is 1. The molecule has 0 aliphatic carbocycles. The fourth-order valence-electron chi connectivity index (χ4n) is 4.76. The lowest BCUT2D eigenvalue weighted by Crippen LogP contribution is -2.55. The molecular formula is C28H31FN4O2. The fraction of sp³-hybridized carbons (Fsp3) is 0.286. The number of fused-ring (bicyclic) bond motifs is 1. The number of nitrogens with zero attached hydrogens (tertiary/aromatic N) is 3. The lowest BCUT2D eigenvalue weighted by Gasteiger charge is -2.44. The lowest BCUT2D eigenvalue weighted by atomic mass is 9.78. The number of hydrogen-bond donors (Lipinski definition) is 1. The van der Waals surface area contributed by atoms with Crippen LogP contribution in [0.2, 0.25) is 0 Å². The van der Waals surface area contributed by atoms with Crippen LogP contribution in [0.4, 0.5) is 10.1 Å². The summed E-state index contributed by atoms with van der Waals surface area (Å²) >= 11 is 0. The molecular weight excluding hydrogens is 443 g/mol. The topological polar surface area (TPSA) is 71.2 Å². The Balaban J connectivity index is 1.65. The molecule has 2 aromatic rings. The molecule has 2 unspecified atom stereocenters. The van der Waals surface area contributed by atoms with Gasteiger partial charge in [0.15, 0.2) is 0 Å². The largest absolute Gasteiger partial charge is 0.495 e. The van der Waals surface area contributed by atoms with Crippen LogP contribution >= 0.6 is 0 Å². The normalized spacial score (nSPS) is 22.2. The van der Waals surface area contributed by atoms with Crippen molar-refractivity contribution in [1.29, 1.82) is 0 Å². The molecule has 182 valence electrons. The van der Waals surface area contributed by atoms with Crippen molar-refractivity contribution in [3.05, 3.63) is 90.2 Å². The van der Waals surface area contributed by atoms with Gasteiger partial charge in [0.1, 0.15) is 17.4 Å². The van der Waals surface area contributed by atoms with Gasteiger partial charge in [-0.15, -0.1) is 0 Å². The summed E-state index contributed by atoms with van der Waals surface area (Å²) in [5.74, 6) is 0.920. The van der Waals surface area contributed by atoms with E-state index in [2.05, 4.69) is 6.58 Å². The molecule has 7 heteroatoms. The Labute approximate surface area is 205 Å². The van der Waals surface area contributed by atoms with Crippen LogP contribution in [0, 0.1) is 11.7 Å². The maximum Gasteiger partial charge on any atom is 0.231 e. The molecule has 0 bridgehead atoms. The Morgan fingerprint density at radius 1 is 1.29 bits per heavy atom. The first-order valence-corrected chi connectivity index (χ1v) is 11.6. The predicted molar refractivity (Wildman–Crippen MR) is 138 cm³/mol. The monoisotopic (exact) mass is 474 g/mol. The zero-order valence-corrected chi connectivity index (χ0v) is 20.4. The molecule has 4 rings (SSSR count). The maximum atomic E-state index is 13.6. The zero-order valence-electron chi connectivity index (χ0n) is 20.4. The molecule has 2 aliphatic heterocycles. The van der Waals surface area contributed by atoms with Crippen molar-refractivity contribution in [2.75, 3.05) is 18.6 Å². The number of rotatable bonds is 7. The molecule has 0 spiro atoms. The number of amides is 1.